The SMILES string of the molecule is CCNC(Cc1nccn1CC)c1ccsc1. The number of hydrogen-bond donors (Lipinski definition) is 1. The average molecular weight is 249 g/mol. The van der Waals surface area contributed by atoms with Gasteiger partial charge in [0.25, 0.3) is 0 Å². The highest BCUT2D eigenvalue weighted by Gasteiger charge is 2.14. The van der Waals surface area contributed by atoms with Crippen molar-refractivity contribution in [2.75, 3.05) is 6.54 Å². The van der Waals surface area contributed by atoms with E-state index in [1.54, 1.807) is 11.3 Å². The van der Waals surface area contributed by atoms with Crippen molar-refractivity contribution in [1.29, 1.82) is 0 Å². The normalized spacial score (nSPS) is 12.8. The van der Waals surface area contributed by atoms with Crippen LogP contribution in [0.3, 0.4) is 0 Å². The van der Waals surface area contributed by atoms with Gasteiger partial charge in [0, 0.05) is 31.4 Å². The number of nitrogens with one attached hydrogen (secondary N) is 1. The van der Waals surface area contributed by atoms with Gasteiger partial charge in [-0.3, -0.25) is 0 Å². The van der Waals surface area contributed by atoms with Crippen molar-refractivity contribution < 1.29 is 0 Å². The molecule has 2 aromatic rings. The zero-order chi connectivity index (χ0) is 12.1. The van der Waals surface area contributed by atoms with E-state index in [-0.39, 0.29) is 0 Å². The van der Waals surface area contributed by atoms with Gasteiger partial charge in [0.05, 0.1) is 0 Å². The van der Waals surface area contributed by atoms with Gasteiger partial charge in [-0.1, -0.05) is 6.92 Å². The van der Waals surface area contributed by atoms with Crippen LogP contribution in [0.2, 0.25) is 0 Å². The molecule has 0 aliphatic heterocycles. The summed E-state index contributed by atoms with van der Waals surface area (Å²) >= 11 is 1.75. The number of imidazole rings is 1. The number of nitrogens with zero attached hydrogens (tertiary/aromatic N) is 2. The molecular weight excluding hydrogens is 230 g/mol. The molecule has 2 rings (SSSR count). The number of thiophene rings is 1. The molecule has 1 atom stereocenters. The molecular formula is C13H19N3S. The smallest absolute Gasteiger partial charge is 0.110 e. The zero-order valence-corrected chi connectivity index (χ0v) is 11.2. The largest absolute Gasteiger partial charge is 0.335 e. The summed E-state index contributed by atoms with van der Waals surface area (Å²) in [7, 11) is 0. The van der Waals surface area contributed by atoms with E-state index in [0.29, 0.717) is 6.04 Å². The van der Waals surface area contributed by atoms with Crippen molar-refractivity contribution in [3.05, 3.63) is 40.6 Å². The first-order valence-electron chi connectivity index (χ1n) is 6.10. The van der Waals surface area contributed by atoms with Gasteiger partial charge in [0.15, 0.2) is 0 Å². The maximum absolute atomic E-state index is 4.45. The molecule has 2 aromatic heterocycles. The standard InChI is InChI=1S/C13H19N3S/c1-3-14-12(11-5-8-17-10-11)9-13-15-6-7-16(13)4-2/h5-8,10,12,14H,3-4,9H2,1-2H3. The lowest BCUT2D eigenvalue weighted by Crippen LogP contribution is -2.23. The molecule has 1 N–H and O–H groups in total. The first-order valence-corrected chi connectivity index (χ1v) is 7.04. The lowest BCUT2D eigenvalue weighted by molar-refractivity contribution is 0.523. The van der Waals surface area contributed by atoms with E-state index in [2.05, 4.69) is 45.5 Å². The van der Waals surface area contributed by atoms with Crippen LogP contribution >= 0.6 is 11.3 Å². The Bertz CT molecular complexity index is 433. The Morgan fingerprint density at radius 2 is 2.35 bits per heavy atom. The van der Waals surface area contributed by atoms with E-state index in [0.717, 1.165) is 25.3 Å². The summed E-state index contributed by atoms with van der Waals surface area (Å²) in [5, 5.41) is 7.87. The third-order valence-electron chi connectivity index (χ3n) is 2.93. The molecule has 2 heterocycles. The summed E-state index contributed by atoms with van der Waals surface area (Å²) in [5.41, 5.74) is 1.36. The van der Waals surface area contributed by atoms with Crippen molar-refractivity contribution in [2.24, 2.45) is 0 Å². The second-order valence-corrected chi connectivity index (χ2v) is 4.78. The van der Waals surface area contributed by atoms with Crippen molar-refractivity contribution >= 4 is 11.3 Å². The summed E-state index contributed by atoms with van der Waals surface area (Å²) in [6, 6.07) is 2.57. The molecule has 1 unspecified atom stereocenters. The number of aryl methyl sites for hydroxylation is 1. The van der Waals surface area contributed by atoms with Gasteiger partial charge in [-0.25, -0.2) is 4.98 Å². The average Bonchev–Trinajstić information content (AvgIpc) is 2.99. The highest BCUT2D eigenvalue weighted by Crippen LogP contribution is 2.20. The lowest BCUT2D eigenvalue weighted by Gasteiger charge is -2.17. The Morgan fingerprint density at radius 1 is 1.47 bits per heavy atom. The minimum Gasteiger partial charge on any atom is -0.335 e. The van der Waals surface area contributed by atoms with Crippen LogP contribution < -0.4 is 5.32 Å². The van der Waals surface area contributed by atoms with Gasteiger partial charge >= 0.3 is 0 Å². The number of rotatable bonds is 6. The molecule has 0 saturated heterocycles. The van der Waals surface area contributed by atoms with Crippen LogP contribution in [0, 0.1) is 0 Å². The Kier molecular flexibility index (Phi) is 4.34. The molecule has 0 saturated carbocycles. The fourth-order valence-corrected chi connectivity index (χ4v) is 2.74. The molecule has 17 heavy (non-hydrogen) atoms. The van der Waals surface area contributed by atoms with Crippen LogP contribution in [0.25, 0.3) is 0 Å². The van der Waals surface area contributed by atoms with E-state index in [1.807, 2.05) is 12.4 Å². The van der Waals surface area contributed by atoms with Crippen LogP contribution in [-0.4, -0.2) is 16.1 Å². The molecule has 0 aromatic carbocycles. The molecule has 0 fully saturated rings. The minimum absolute atomic E-state index is 0.374. The van der Waals surface area contributed by atoms with Crippen molar-refractivity contribution in [3.63, 3.8) is 0 Å². The van der Waals surface area contributed by atoms with Gasteiger partial charge in [0.1, 0.15) is 5.82 Å². The van der Waals surface area contributed by atoms with Crippen LogP contribution in [0.5, 0.6) is 0 Å². The summed E-state index contributed by atoms with van der Waals surface area (Å²) < 4.78 is 2.21. The Morgan fingerprint density at radius 3 is 3.00 bits per heavy atom. The molecule has 92 valence electrons. The Labute approximate surface area is 107 Å². The van der Waals surface area contributed by atoms with Crippen LogP contribution in [0.4, 0.5) is 0 Å². The van der Waals surface area contributed by atoms with Crippen molar-refractivity contribution in [3.8, 4) is 0 Å². The van der Waals surface area contributed by atoms with E-state index < -0.39 is 0 Å². The quantitative estimate of drug-likeness (QED) is 0.853. The number of aromatic nitrogens is 2. The topological polar surface area (TPSA) is 29.9 Å². The highest BCUT2D eigenvalue weighted by atomic mass is 32.1. The summed E-state index contributed by atoms with van der Waals surface area (Å²) in [5.74, 6) is 1.16. The molecule has 0 aliphatic rings. The predicted octanol–water partition coefficient (Wildman–Crippen LogP) is 2.86. The minimum atomic E-state index is 0.374. The molecule has 0 spiro atoms. The lowest BCUT2D eigenvalue weighted by atomic mass is 10.1. The zero-order valence-electron chi connectivity index (χ0n) is 10.4. The summed E-state index contributed by atoms with van der Waals surface area (Å²) in [4.78, 5) is 4.45. The van der Waals surface area contributed by atoms with Gasteiger partial charge in [-0.05, 0) is 35.9 Å². The van der Waals surface area contributed by atoms with Gasteiger partial charge in [-0.2, -0.15) is 11.3 Å². The highest BCUT2D eigenvalue weighted by molar-refractivity contribution is 7.07. The first kappa shape index (κ1) is 12.3. The summed E-state index contributed by atoms with van der Waals surface area (Å²) in [6.07, 6.45) is 4.88. The Balaban J connectivity index is 2.13. The second kappa shape index (κ2) is 5.98. The van der Waals surface area contributed by atoms with Gasteiger partial charge < -0.3 is 9.88 Å². The van der Waals surface area contributed by atoms with E-state index >= 15 is 0 Å². The van der Waals surface area contributed by atoms with Crippen LogP contribution in [-0.2, 0) is 13.0 Å². The maximum Gasteiger partial charge on any atom is 0.110 e. The molecule has 0 amide bonds. The van der Waals surface area contributed by atoms with Crippen LogP contribution in [0.1, 0.15) is 31.3 Å². The van der Waals surface area contributed by atoms with E-state index in [9.17, 15) is 0 Å². The Hall–Kier alpha value is -1.13. The van der Waals surface area contributed by atoms with E-state index in [1.165, 1.54) is 5.56 Å². The fourth-order valence-electron chi connectivity index (χ4n) is 2.03. The van der Waals surface area contributed by atoms with Crippen molar-refractivity contribution in [1.82, 2.24) is 14.9 Å². The van der Waals surface area contributed by atoms with E-state index in [4.69, 9.17) is 0 Å². The predicted molar refractivity (Wildman–Crippen MR) is 72.3 cm³/mol. The third-order valence-corrected chi connectivity index (χ3v) is 3.63. The third kappa shape index (κ3) is 2.96. The molecule has 3 nitrogen and oxygen atoms in total. The molecule has 0 radical (unpaired) electrons. The monoisotopic (exact) mass is 249 g/mol. The summed E-state index contributed by atoms with van der Waals surface area (Å²) in [6.45, 7) is 6.26. The molecule has 4 heteroatoms. The number of likely N-dealkylation sites (N-methyl/N-ethyl adjacent to an activating group) is 1. The maximum atomic E-state index is 4.45. The second-order valence-electron chi connectivity index (χ2n) is 4.00. The first-order chi connectivity index (χ1) is 8.35. The molecule has 0 bridgehead atoms. The van der Waals surface area contributed by atoms with Gasteiger partial charge in [-0.15, -0.1) is 0 Å². The van der Waals surface area contributed by atoms with Crippen molar-refractivity contribution in [2.45, 2.75) is 32.9 Å². The van der Waals surface area contributed by atoms with Gasteiger partial charge in [0.2, 0.25) is 0 Å². The van der Waals surface area contributed by atoms with Crippen LogP contribution in [0.15, 0.2) is 29.2 Å². The molecule has 0 aliphatic carbocycles. The number of hydrogen-bond acceptors (Lipinski definition) is 3. The fraction of sp³-hybridized carbons (Fsp3) is 0.462.